The lowest BCUT2D eigenvalue weighted by Crippen LogP contribution is -1.93. The van der Waals surface area contributed by atoms with E-state index in [1.165, 1.54) is 10.8 Å². The topological polar surface area (TPSA) is 0 Å². The lowest BCUT2D eigenvalue weighted by Gasteiger charge is -2.20. The van der Waals surface area contributed by atoms with Crippen LogP contribution < -0.4 is 0 Å². The molecule has 390 valence electrons. The van der Waals surface area contributed by atoms with Crippen LogP contribution in [0.25, 0.3) is 164 Å². The molecule has 0 saturated heterocycles. The molecule has 0 fully saturated rings. The zero-order chi connectivity index (χ0) is 85.1. The molecule has 0 aliphatic heterocycles. The van der Waals surface area contributed by atoms with Gasteiger partial charge < -0.3 is 0 Å². The van der Waals surface area contributed by atoms with Crippen LogP contribution in [0.2, 0.25) is 0 Å². The molecule has 0 bridgehead atoms. The van der Waals surface area contributed by atoms with E-state index in [2.05, 4.69) is 54.6 Å². The van der Waals surface area contributed by atoms with E-state index in [0.29, 0.717) is 5.56 Å². The Kier molecular flexibility index (Phi) is 6.24. The molecule has 0 heteroatoms. The van der Waals surface area contributed by atoms with Gasteiger partial charge >= 0.3 is 0 Å². The van der Waals surface area contributed by atoms with Crippen molar-refractivity contribution >= 4 is 97.0 Å². The van der Waals surface area contributed by atoms with Crippen molar-refractivity contribution < 1.29 is 46.6 Å². The molecule has 0 atom stereocenters. The molecule has 0 radical (unpaired) electrons. The number of hydrogen-bond acceptors (Lipinski definition) is 0. The van der Waals surface area contributed by atoms with E-state index in [9.17, 15) is 12.3 Å². The van der Waals surface area contributed by atoms with E-state index in [0.717, 1.165) is 49.9 Å². The molecule has 0 aliphatic carbocycles. The third kappa shape index (κ3) is 8.30. The number of rotatable bonds is 6. The van der Waals surface area contributed by atoms with Crippen molar-refractivity contribution in [2.75, 3.05) is 0 Å². The molecule has 17 rings (SSSR count). The van der Waals surface area contributed by atoms with Crippen LogP contribution in [0.15, 0.2) is 327 Å². The van der Waals surface area contributed by atoms with Gasteiger partial charge in [-0.25, -0.2) is 0 Å². The zero-order valence-corrected chi connectivity index (χ0v) is 43.5. The van der Waals surface area contributed by atoms with E-state index in [-0.39, 0.29) is 46.5 Å². The van der Waals surface area contributed by atoms with Gasteiger partial charge in [-0.05, 0) is 176 Å². The Balaban J connectivity index is 0.000000191. The van der Waals surface area contributed by atoms with Crippen molar-refractivity contribution in [3.8, 4) is 66.8 Å². The van der Waals surface area contributed by atoms with Crippen molar-refractivity contribution in [1.29, 1.82) is 0 Å². The second-order valence-electron chi connectivity index (χ2n) is 19.6. The molecule has 0 amide bonds. The highest BCUT2D eigenvalue weighted by molar-refractivity contribution is 6.27. The molecular formula is C84H54. The minimum Gasteiger partial charge on any atom is -0.0616 e. The van der Waals surface area contributed by atoms with Gasteiger partial charge in [0.25, 0.3) is 0 Å². The molecule has 17 aromatic rings. The van der Waals surface area contributed by atoms with Crippen molar-refractivity contribution in [3.63, 3.8) is 0 Å². The molecule has 0 unspecified atom stereocenters. The molecule has 0 aromatic heterocycles. The molecular weight excluding hydrogens is 1010 g/mol. The Labute approximate surface area is 536 Å². The molecule has 0 N–H and O–H groups in total. The fourth-order valence-corrected chi connectivity index (χ4v) is 11.3. The van der Waals surface area contributed by atoms with Gasteiger partial charge in [0.2, 0.25) is 0 Å². The van der Waals surface area contributed by atoms with Crippen LogP contribution in [-0.2, 0) is 0 Å². The van der Waals surface area contributed by atoms with Gasteiger partial charge in [0, 0.05) is 0 Å². The first-order valence-corrected chi connectivity index (χ1v) is 26.4. The normalized spacial score (nSPS) is 17.2. The summed E-state index contributed by atoms with van der Waals surface area (Å²) in [6.07, 6.45) is 0. The Bertz CT molecular complexity index is 7430. The lowest BCUT2D eigenvalue weighted by atomic mass is 9.82. The van der Waals surface area contributed by atoms with Crippen LogP contribution >= 0.6 is 0 Å². The van der Waals surface area contributed by atoms with Gasteiger partial charge in [0.1, 0.15) is 0 Å². The maximum absolute atomic E-state index is 10.2. The monoisotopic (exact) mass is 1100 g/mol. The van der Waals surface area contributed by atoms with Crippen LogP contribution in [0.3, 0.4) is 0 Å². The summed E-state index contributed by atoms with van der Waals surface area (Å²) in [7, 11) is 0. The quantitative estimate of drug-likeness (QED) is 0.146. The molecule has 0 nitrogen and oxygen atoms in total. The van der Waals surface area contributed by atoms with Crippen molar-refractivity contribution in [1.82, 2.24) is 0 Å². The molecule has 0 heterocycles. The Morgan fingerprint density at radius 3 is 1.11 bits per heavy atom. The summed E-state index contributed by atoms with van der Waals surface area (Å²) in [4.78, 5) is 0. The van der Waals surface area contributed by atoms with E-state index in [1.54, 1.807) is 0 Å². The second-order valence-corrected chi connectivity index (χ2v) is 19.6. The predicted octanol–water partition coefficient (Wildman–Crippen LogP) is 23.8. The van der Waals surface area contributed by atoms with Gasteiger partial charge in [-0.15, -0.1) is 0 Å². The first-order chi connectivity index (χ1) is 55.8. The van der Waals surface area contributed by atoms with E-state index < -0.39 is 262 Å². The predicted molar refractivity (Wildman–Crippen MR) is 363 cm³/mol. The van der Waals surface area contributed by atoms with Crippen LogP contribution in [0.1, 0.15) is 46.6 Å². The minimum absolute atomic E-state index is 0.0477. The van der Waals surface area contributed by atoms with Gasteiger partial charge in [0.15, 0.2) is 0 Å². The Morgan fingerprint density at radius 2 is 0.560 bits per heavy atom. The van der Waals surface area contributed by atoms with E-state index in [1.807, 2.05) is 60.7 Å². The third-order valence-electron chi connectivity index (χ3n) is 15.0. The maximum atomic E-state index is 10.2. The average molecular weight is 1100 g/mol. The highest BCUT2D eigenvalue weighted by atomic mass is 14.2. The fraction of sp³-hybridized carbons (Fsp3) is 0. The summed E-state index contributed by atoms with van der Waals surface area (Å²) >= 11 is 0. The minimum atomic E-state index is -1.07. The van der Waals surface area contributed by atoms with Gasteiger partial charge in [-0.3, -0.25) is 0 Å². The summed E-state index contributed by atoms with van der Waals surface area (Å²) in [5.74, 6) is 0. The Morgan fingerprint density at radius 1 is 0.179 bits per heavy atom. The second kappa shape index (κ2) is 20.6. The van der Waals surface area contributed by atoms with Crippen molar-refractivity contribution in [2.24, 2.45) is 0 Å². The summed E-state index contributed by atoms with van der Waals surface area (Å²) in [6.45, 7) is 0. The average Bonchev–Trinajstić information content (AvgIpc) is 0.677. The summed E-state index contributed by atoms with van der Waals surface area (Å²) in [6, 6.07) is 12.4. The highest BCUT2D eigenvalue weighted by Gasteiger charge is 2.22. The molecule has 0 aliphatic rings. The summed E-state index contributed by atoms with van der Waals surface area (Å²) in [5, 5.41) is -0.895. The summed E-state index contributed by atoms with van der Waals surface area (Å²) in [5.41, 5.74) is 0.593. The van der Waals surface area contributed by atoms with Crippen molar-refractivity contribution in [3.05, 3.63) is 327 Å². The van der Waals surface area contributed by atoms with E-state index >= 15 is 0 Å². The van der Waals surface area contributed by atoms with E-state index in [4.69, 9.17) is 34.3 Å². The van der Waals surface area contributed by atoms with Crippen LogP contribution in [0.4, 0.5) is 0 Å². The maximum Gasteiger partial charge on any atom is 0.0636 e. The third-order valence-corrected chi connectivity index (χ3v) is 15.0. The van der Waals surface area contributed by atoms with Gasteiger partial charge in [0.05, 0.1) is 46.6 Å². The van der Waals surface area contributed by atoms with Crippen molar-refractivity contribution in [2.45, 2.75) is 0 Å². The fourth-order valence-electron chi connectivity index (χ4n) is 11.3. The van der Waals surface area contributed by atoms with Gasteiger partial charge in [-0.1, -0.05) is 315 Å². The standard InChI is InChI=1S/C44H28.C40H26/c1-4-18-33-29(12-1)15-9-23-36(33)32-26-27-41-42(28-32)44(38-25-11-17-31-14-3-6-20-35(31)38)40-22-8-7-21-39(40)43(41)37-24-10-16-30-13-2-5-19-34(30)37;1-2-12-31-26-32(25-22-27(31)10-1)28-20-23-30(24-21-28)39-35-15-5-7-17-37(35)40(38-18-8-6-16-36(38)39)34-19-9-13-29-11-3-4-14-33(29)34/h1-28H;1-26H/i1D,2D,3D,4D,5D,6D,7D,8D,9D,10D,11D,12D,13D,14D,15D,16D,17D,19D,20D,21D,22D,23D,24D,25D,26D,27D,28D;3D,4D,9D,11D,13D,14D,19D. The zero-order valence-electron chi connectivity index (χ0n) is 77.5. The molecule has 0 saturated carbocycles. The first-order valence-electron chi connectivity index (χ1n) is 43.4. The molecule has 84 heavy (non-hydrogen) atoms. The number of fused-ring (bicyclic) bond motifs is 9. The smallest absolute Gasteiger partial charge is 0.0616 e. The van der Waals surface area contributed by atoms with Gasteiger partial charge in [-0.2, -0.15) is 0 Å². The van der Waals surface area contributed by atoms with Crippen LogP contribution in [0.5, 0.6) is 0 Å². The lowest BCUT2D eigenvalue weighted by molar-refractivity contribution is 1.63. The SMILES string of the molecule is [2H]c1c([2H])c([2H])c2c(-c3c4ccccc4c(-c4ccc(-c5ccc6ccccc6c5)cc4)c4ccccc34)c([2H])c([2H])c([2H])c2c1[2H].[2H]c1cc2c(-c3c([2H])c([2H])c4c(-c5c([2H])c([2H])c([2H])c6c([2H])c([2H])c([2H])c([2H])c56)c5c([2H])c([2H])c([2H])c([2H])c5c(-c5c([2H])c([2H])c([2H])c6c([2H])c([2H])c([2H])c([2H])c56)c4c3[2H])c([2H])c([2H])c([2H])c2c([2H])c1[2H]. The highest BCUT2D eigenvalue weighted by Crippen LogP contribution is 2.49. The molecule has 0 spiro atoms. The largest absolute Gasteiger partial charge is 0.0636 e. The Hall–Kier alpha value is -10.9. The number of hydrogen-bond donors (Lipinski definition) is 0. The summed E-state index contributed by atoms with van der Waals surface area (Å²) < 4.78 is 305. The number of benzene rings is 17. The molecule has 17 aromatic carbocycles. The first kappa shape index (κ1) is 25.5. The van der Waals surface area contributed by atoms with Crippen LogP contribution in [-0.4, -0.2) is 0 Å². The van der Waals surface area contributed by atoms with Crippen LogP contribution in [0, 0.1) is 0 Å².